The molecule has 0 saturated carbocycles. The fourth-order valence-electron chi connectivity index (χ4n) is 1.40. The number of nitrogens with zero attached hydrogens (tertiary/aromatic N) is 1. The van der Waals surface area contributed by atoms with E-state index in [1.165, 1.54) is 0 Å². The maximum atomic E-state index is 11.1. The standard InChI is InChI=1S/C10H10N2O2S/c13-6-11-4-3-10-12-8-2-1-7(14)5-9(8)15-10/h1-2,6H,3-5H2,(H,11,13). The minimum absolute atomic E-state index is 0.128. The second-order valence-electron chi connectivity index (χ2n) is 3.21. The van der Waals surface area contributed by atoms with Crippen LogP contribution in [0.15, 0.2) is 6.08 Å². The molecule has 0 aliphatic heterocycles. The molecule has 15 heavy (non-hydrogen) atoms. The normalized spacial score (nSPS) is 13.7. The van der Waals surface area contributed by atoms with Crippen molar-refractivity contribution in [3.8, 4) is 0 Å². The Hall–Kier alpha value is -1.49. The van der Waals surface area contributed by atoms with Crippen molar-refractivity contribution in [1.29, 1.82) is 0 Å². The van der Waals surface area contributed by atoms with E-state index in [4.69, 9.17) is 0 Å². The minimum Gasteiger partial charge on any atom is -0.358 e. The predicted octanol–water partition coefficient (Wildman–Crippen LogP) is 0.570. The summed E-state index contributed by atoms with van der Waals surface area (Å²) in [5.74, 6) is 0.128. The van der Waals surface area contributed by atoms with Crippen LogP contribution >= 0.6 is 11.3 Å². The monoisotopic (exact) mass is 222 g/mol. The van der Waals surface area contributed by atoms with Crippen LogP contribution in [0.3, 0.4) is 0 Å². The molecule has 1 amide bonds. The summed E-state index contributed by atoms with van der Waals surface area (Å²) in [5.41, 5.74) is 0.903. The third kappa shape index (κ3) is 2.30. The second kappa shape index (κ2) is 4.35. The van der Waals surface area contributed by atoms with E-state index in [0.717, 1.165) is 22.0 Å². The number of hydrogen-bond acceptors (Lipinski definition) is 4. The molecule has 0 aromatic carbocycles. The van der Waals surface area contributed by atoms with Crippen molar-refractivity contribution in [3.63, 3.8) is 0 Å². The van der Waals surface area contributed by atoms with Gasteiger partial charge in [0, 0.05) is 24.3 Å². The Balaban J connectivity index is 2.07. The second-order valence-corrected chi connectivity index (χ2v) is 4.38. The molecule has 78 valence electrons. The average Bonchev–Trinajstić information content (AvgIpc) is 2.60. The highest BCUT2D eigenvalue weighted by Gasteiger charge is 2.15. The van der Waals surface area contributed by atoms with E-state index in [0.29, 0.717) is 19.4 Å². The fraction of sp³-hybridized carbons (Fsp3) is 0.300. The molecule has 1 aromatic heterocycles. The number of hydrogen-bond donors (Lipinski definition) is 1. The van der Waals surface area contributed by atoms with Crippen molar-refractivity contribution in [2.45, 2.75) is 12.8 Å². The molecule has 2 rings (SSSR count). The topological polar surface area (TPSA) is 59.1 Å². The van der Waals surface area contributed by atoms with Gasteiger partial charge in [-0.1, -0.05) is 0 Å². The summed E-state index contributed by atoms with van der Waals surface area (Å²) in [6.45, 7) is 0.591. The Morgan fingerprint density at radius 2 is 2.40 bits per heavy atom. The Labute approximate surface area is 91.0 Å². The Morgan fingerprint density at radius 3 is 3.20 bits per heavy atom. The first kappa shape index (κ1) is 10.0. The van der Waals surface area contributed by atoms with Crippen LogP contribution in [0.25, 0.3) is 6.08 Å². The molecule has 1 N–H and O–H groups in total. The van der Waals surface area contributed by atoms with Crippen molar-refractivity contribution >= 4 is 29.6 Å². The largest absolute Gasteiger partial charge is 0.358 e. The number of carbonyl (C=O) groups is 2. The predicted molar refractivity (Wildman–Crippen MR) is 57.6 cm³/mol. The first-order valence-corrected chi connectivity index (χ1v) is 5.48. The molecule has 0 radical (unpaired) electrons. The summed E-state index contributed by atoms with van der Waals surface area (Å²) in [6, 6.07) is 0. The van der Waals surface area contributed by atoms with Gasteiger partial charge in [-0.25, -0.2) is 4.98 Å². The van der Waals surface area contributed by atoms with Gasteiger partial charge >= 0.3 is 0 Å². The lowest BCUT2D eigenvalue weighted by atomic mass is 10.1. The van der Waals surface area contributed by atoms with Crippen LogP contribution in [-0.4, -0.2) is 23.7 Å². The van der Waals surface area contributed by atoms with Crippen LogP contribution < -0.4 is 5.32 Å². The van der Waals surface area contributed by atoms with Gasteiger partial charge in [0.15, 0.2) is 5.78 Å². The Kier molecular flexibility index (Phi) is 2.91. The number of ketones is 1. The zero-order valence-electron chi connectivity index (χ0n) is 8.03. The van der Waals surface area contributed by atoms with Gasteiger partial charge in [-0.3, -0.25) is 9.59 Å². The van der Waals surface area contributed by atoms with Gasteiger partial charge in [-0.2, -0.15) is 0 Å². The molecule has 1 aliphatic rings. The van der Waals surface area contributed by atoms with Crippen molar-refractivity contribution in [1.82, 2.24) is 10.3 Å². The zero-order chi connectivity index (χ0) is 10.7. The van der Waals surface area contributed by atoms with E-state index < -0.39 is 0 Å². The maximum Gasteiger partial charge on any atom is 0.207 e. The van der Waals surface area contributed by atoms with Crippen LogP contribution in [0.1, 0.15) is 15.6 Å². The number of amides is 1. The van der Waals surface area contributed by atoms with Crippen molar-refractivity contribution in [2.24, 2.45) is 0 Å². The van der Waals surface area contributed by atoms with Crippen LogP contribution in [-0.2, 0) is 22.4 Å². The van der Waals surface area contributed by atoms with E-state index in [-0.39, 0.29) is 5.78 Å². The summed E-state index contributed by atoms with van der Waals surface area (Å²) >= 11 is 1.55. The molecule has 0 atom stereocenters. The lowest BCUT2D eigenvalue weighted by Gasteiger charge is -1.99. The first-order valence-electron chi connectivity index (χ1n) is 4.66. The summed E-state index contributed by atoms with van der Waals surface area (Å²) in [7, 11) is 0. The number of carbonyl (C=O) groups excluding carboxylic acids is 2. The van der Waals surface area contributed by atoms with Crippen molar-refractivity contribution in [3.05, 3.63) is 21.7 Å². The highest BCUT2D eigenvalue weighted by molar-refractivity contribution is 7.12. The Bertz CT molecular complexity index is 423. The molecule has 0 saturated heterocycles. The summed E-state index contributed by atoms with van der Waals surface area (Å²) in [6.07, 6.45) is 5.18. The molecular formula is C10H10N2O2S. The van der Waals surface area contributed by atoms with Gasteiger partial charge in [0.05, 0.1) is 10.7 Å². The maximum absolute atomic E-state index is 11.1. The fourth-order valence-corrected chi connectivity index (χ4v) is 2.47. The third-order valence-corrected chi connectivity index (χ3v) is 3.23. The molecule has 5 heteroatoms. The lowest BCUT2D eigenvalue weighted by molar-refractivity contribution is -0.114. The van der Waals surface area contributed by atoms with Gasteiger partial charge in [-0.05, 0) is 12.2 Å². The van der Waals surface area contributed by atoms with E-state index in [2.05, 4.69) is 10.3 Å². The molecule has 1 aromatic rings. The van der Waals surface area contributed by atoms with E-state index in [1.54, 1.807) is 23.5 Å². The van der Waals surface area contributed by atoms with Crippen LogP contribution in [0, 0.1) is 0 Å². The molecule has 0 spiro atoms. The van der Waals surface area contributed by atoms with E-state index in [1.807, 2.05) is 0 Å². The van der Waals surface area contributed by atoms with Crippen molar-refractivity contribution < 1.29 is 9.59 Å². The number of nitrogens with one attached hydrogen (secondary N) is 1. The number of allylic oxidation sites excluding steroid dienone is 1. The van der Waals surface area contributed by atoms with E-state index >= 15 is 0 Å². The highest BCUT2D eigenvalue weighted by atomic mass is 32.1. The smallest absolute Gasteiger partial charge is 0.207 e. The minimum atomic E-state index is 0.128. The van der Waals surface area contributed by atoms with Gasteiger partial charge in [-0.15, -0.1) is 11.3 Å². The average molecular weight is 222 g/mol. The molecular weight excluding hydrogens is 212 g/mol. The molecule has 4 nitrogen and oxygen atoms in total. The molecule has 1 aliphatic carbocycles. The molecule has 0 bridgehead atoms. The Morgan fingerprint density at radius 1 is 1.53 bits per heavy atom. The summed E-state index contributed by atoms with van der Waals surface area (Å²) in [4.78, 5) is 26.6. The highest BCUT2D eigenvalue weighted by Crippen LogP contribution is 2.24. The van der Waals surface area contributed by atoms with Gasteiger partial charge < -0.3 is 5.32 Å². The SMILES string of the molecule is O=CNCCc1nc2c(s1)CC(=O)C=C2. The van der Waals surface area contributed by atoms with Gasteiger partial charge in [0.1, 0.15) is 0 Å². The van der Waals surface area contributed by atoms with Crippen LogP contribution in [0.5, 0.6) is 0 Å². The molecule has 1 heterocycles. The lowest BCUT2D eigenvalue weighted by Crippen LogP contribution is -2.14. The van der Waals surface area contributed by atoms with Gasteiger partial charge in [0.2, 0.25) is 6.41 Å². The number of fused-ring (bicyclic) bond motifs is 1. The third-order valence-electron chi connectivity index (χ3n) is 2.10. The first-order chi connectivity index (χ1) is 7.29. The van der Waals surface area contributed by atoms with E-state index in [9.17, 15) is 9.59 Å². The summed E-state index contributed by atoms with van der Waals surface area (Å²) in [5, 5.41) is 3.55. The van der Waals surface area contributed by atoms with Crippen molar-refractivity contribution in [2.75, 3.05) is 6.54 Å². The molecule has 0 fully saturated rings. The summed E-state index contributed by atoms with van der Waals surface area (Å²) < 4.78 is 0. The van der Waals surface area contributed by atoms with Crippen LogP contribution in [0.2, 0.25) is 0 Å². The number of aromatic nitrogens is 1. The number of rotatable bonds is 4. The van der Waals surface area contributed by atoms with Crippen LogP contribution in [0.4, 0.5) is 0 Å². The number of thiazole rings is 1. The molecule has 0 unspecified atom stereocenters. The zero-order valence-corrected chi connectivity index (χ0v) is 8.84. The van der Waals surface area contributed by atoms with Gasteiger partial charge in [0.25, 0.3) is 0 Å². The quantitative estimate of drug-likeness (QED) is 0.598.